The molecule has 1 saturated heterocycles. The van der Waals surface area contributed by atoms with Crippen molar-refractivity contribution in [1.29, 1.82) is 0 Å². The fourth-order valence-electron chi connectivity index (χ4n) is 3.27. The van der Waals surface area contributed by atoms with Gasteiger partial charge in [-0.25, -0.2) is 4.90 Å². The number of halogens is 1. The minimum atomic E-state index is -1.07. The lowest BCUT2D eigenvalue weighted by Gasteiger charge is -2.20. The molecular weight excluding hydrogens is 416 g/mol. The highest BCUT2D eigenvalue weighted by Gasteiger charge is 2.55. The van der Waals surface area contributed by atoms with Gasteiger partial charge >= 0.3 is 0 Å². The molecule has 2 aliphatic rings. The van der Waals surface area contributed by atoms with Gasteiger partial charge in [0.15, 0.2) is 12.1 Å². The lowest BCUT2D eigenvalue weighted by atomic mass is 10.1. The van der Waals surface area contributed by atoms with Crippen molar-refractivity contribution >= 4 is 46.4 Å². The highest BCUT2D eigenvalue weighted by molar-refractivity contribution is 6.31. The molecule has 2 aromatic rings. The quantitative estimate of drug-likeness (QED) is 0.440. The summed E-state index contributed by atoms with van der Waals surface area (Å²) in [5.41, 5.74) is 0.0768. The first-order valence-corrected chi connectivity index (χ1v) is 9.08. The summed E-state index contributed by atoms with van der Waals surface area (Å²) in [6.07, 6.45) is 0. The summed E-state index contributed by atoms with van der Waals surface area (Å²) in [6, 6.07) is 9.68. The molecule has 2 aliphatic heterocycles. The molecule has 11 nitrogen and oxygen atoms in total. The number of nitro groups is 1. The summed E-state index contributed by atoms with van der Waals surface area (Å²) >= 11 is 5.85. The van der Waals surface area contributed by atoms with Gasteiger partial charge in [-0.05, 0) is 30.3 Å². The summed E-state index contributed by atoms with van der Waals surface area (Å²) in [5.74, 6) is -1.78. The number of nitro benzene ring substituents is 1. The fraction of sp³-hybridized carbons (Fsp3) is 0.167. The van der Waals surface area contributed by atoms with E-state index in [2.05, 4.69) is 15.7 Å². The van der Waals surface area contributed by atoms with Crippen molar-refractivity contribution < 1.29 is 19.3 Å². The van der Waals surface area contributed by atoms with Crippen LogP contribution in [0.5, 0.6) is 0 Å². The van der Waals surface area contributed by atoms with Crippen molar-refractivity contribution in [3.8, 4) is 0 Å². The Hall–Kier alpha value is -3.86. The van der Waals surface area contributed by atoms with E-state index in [4.69, 9.17) is 11.6 Å². The molecule has 3 amide bonds. The van der Waals surface area contributed by atoms with Crippen LogP contribution in [-0.4, -0.2) is 46.3 Å². The number of anilines is 2. The predicted molar refractivity (Wildman–Crippen MR) is 105 cm³/mol. The number of para-hydroxylation sites is 2. The zero-order chi connectivity index (χ0) is 21.4. The van der Waals surface area contributed by atoms with Crippen LogP contribution in [0.15, 0.2) is 58.9 Å². The van der Waals surface area contributed by atoms with Gasteiger partial charge in [0.05, 0.1) is 10.6 Å². The molecule has 12 heteroatoms. The fourth-order valence-corrected chi connectivity index (χ4v) is 3.40. The SMILES string of the molecule is O=C(CN1N=N[C@@H]2C(=O)N(c3ccc(Cl)cc3)C(=O)[C@@H]21)Nc1ccccc1[N+](=O)[O-]. The van der Waals surface area contributed by atoms with Crippen LogP contribution in [0, 0.1) is 10.1 Å². The van der Waals surface area contributed by atoms with E-state index in [1.165, 1.54) is 36.4 Å². The van der Waals surface area contributed by atoms with Crippen LogP contribution in [0.1, 0.15) is 0 Å². The number of carbonyl (C=O) groups excluding carboxylic acids is 3. The van der Waals surface area contributed by atoms with Crippen molar-refractivity contribution in [2.75, 3.05) is 16.8 Å². The van der Waals surface area contributed by atoms with E-state index in [9.17, 15) is 24.5 Å². The van der Waals surface area contributed by atoms with Gasteiger partial charge in [-0.2, -0.15) is 5.11 Å². The van der Waals surface area contributed by atoms with E-state index in [0.717, 1.165) is 9.91 Å². The summed E-state index contributed by atoms with van der Waals surface area (Å²) in [5, 5.41) is 22.7. The van der Waals surface area contributed by atoms with Crippen molar-refractivity contribution in [3.63, 3.8) is 0 Å². The van der Waals surface area contributed by atoms with Crippen LogP contribution < -0.4 is 10.2 Å². The molecule has 1 fully saturated rings. The topological polar surface area (TPSA) is 138 Å². The molecule has 30 heavy (non-hydrogen) atoms. The van der Waals surface area contributed by atoms with Crippen LogP contribution in [0.2, 0.25) is 5.02 Å². The van der Waals surface area contributed by atoms with Crippen LogP contribution in [0.3, 0.4) is 0 Å². The summed E-state index contributed by atoms with van der Waals surface area (Å²) in [7, 11) is 0. The Morgan fingerprint density at radius 2 is 1.83 bits per heavy atom. The van der Waals surface area contributed by atoms with Crippen LogP contribution in [-0.2, 0) is 14.4 Å². The Morgan fingerprint density at radius 1 is 1.13 bits per heavy atom. The Labute approximate surface area is 174 Å². The number of imide groups is 1. The largest absolute Gasteiger partial charge is 0.319 e. The van der Waals surface area contributed by atoms with Crippen molar-refractivity contribution in [1.82, 2.24) is 5.01 Å². The molecule has 2 aromatic carbocycles. The zero-order valence-corrected chi connectivity index (χ0v) is 15.9. The second kappa shape index (κ2) is 7.52. The minimum Gasteiger partial charge on any atom is -0.319 e. The van der Waals surface area contributed by atoms with Gasteiger partial charge in [0.2, 0.25) is 5.91 Å². The number of hydrogen-bond acceptors (Lipinski definition) is 8. The highest BCUT2D eigenvalue weighted by atomic mass is 35.5. The van der Waals surface area contributed by atoms with E-state index < -0.39 is 41.3 Å². The first kappa shape index (κ1) is 19.5. The van der Waals surface area contributed by atoms with Crippen molar-refractivity contribution in [2.24, 2.45) is 10.3 Å². The third-order valence-electron chi connectivity index (χ3n) is 4.62. The number of amides is 3. The average molecular weight is 429 g/mol. The molecule has 2 atom stereocenters. The normalized spacial score (nSPS) is 19.9. The van der Waals surface area contributed by atoms with E-state index in [0.29, 0.717) is 10.7 Å². The number of hydrogen-bond donors (Lipinski definition) is 1. The minimum absolute atomic E-state index is 0.0109. The average Bonchev–Trinajstić information content (AvgIpc) is 3.23. The standard InChI is InChI=1S/C18H13ClN6O5/c19-10-5-7-11(8-6-10)24-17(27)15-16(18(24)28)23(22-21-15)9-14(26)20-12-3-1-2-4-13(12)25(29)30/h1-8,15-16H,9H2,(H,20,26)/t15-,16+/m0/s1. The maximum Gasteiger partial charge on any atom is 0.292 e. The molecule has 4 rings (SSSR count). The van der Waals surface area contributed by atoms with Crippen molar-refractivity contribution in [3.05, 3.63) is 63.7 Å². The third kappa shape index (κ3) is 3.35. The smallest absolute Gasteiger partial charge is 0.292 e. The van der Waals surface area contributed by atoms with Crippen LogP contribution in [0.4, 0.5) is 17.1 Å². The first-order valence-electron chi connectivity index (χ1n) is 8.71. The first-order chi connectivity index (χ1) is 14.4. The van der Waals surface area contributed by atoms with Gasteiger partial charge < -0.3 is 5.32 Å². The number of nitrogens with one attached hydrogen (secondary N) is 1. The van der Waals surface area contributed by atoms with E-state index in [1.54, 1.807) is 12.1 Å². The Morgan fingerprint density at radius 3 is 2.53 bits per heavy atom. The zero-order valence-electron chi connectivity index (χ0n) is 15.1. The van der Waals surface area contributed by atoms with Gasteiger partial charge in [-0.3, -0.25) is 29.5 Å². The van der Waals surface area contributed by atoms with Crippen LogP contribution >= 0.6 is 11.6 Å². The summed E-state index contributed by atoms with van der Waals surface area (Å²) < 4.78 is 0. The monoisotopic (exact) mass is 428 g/mol. The van der Waals surface area contributed by atoms with E-state index in [1.807, 2.05) is 0 Å². The molecule has 2 heterocycles. The molecule has 0 saturated carbocycles. The molecule has 0 radical (unpaired) electrons. The Bertz CT molecular complexity index is 1090. The van der Waals surface area contributed by atoms with Gasteiger partial charge in [0.1, 0.15) is 12.2 Å². The van der Waals surface area contributed by atoms with Crippen molar-refractivity contribution in [2.45, 2.75) is 12.1 Å². The number of nitrogens with zero attached hydrogens (tertiary/aromatic N) is 5. The molecule has 152 valence electrons. The maximum absolute atomic E-state index is 12.9. The maximum atomic E-state index is 12.9. The predicted octanol–water partition coefficient (Wildman–Crippen LogP) is 2.18. The lowest BCUT2D eigenvalue weighted by molar-refractivity contribution is -0.383. The highest BCUT2D eigenvalue weighted by Crippen LogP contribution is 2.32. The molecule has 1 N–H and O–H groups in total. The third-order valence-corrected chi connectivity index (χ3v) is 4.88. The van der Waals surface area contributed by atoms with E-state index >= 15 is 0 Å². The van der Waals surface area contributed by atoms with Gasteiger partial charge in [0, 0.05) is 11.1 Å². The Balaban J connectivity index is 1.50. The Kier molecular flexibility index (Phi) is 4.88. The second-order valence-corrected chi connectivity index (χ2v) is 6.94. The van der Waals surface area contributed by atoms with E-state index in [-0.39, 0.29) is 11.4 Å². The van der Waals surface area contributed by atoms with Gasteiger partial charge in [-0.15, -0.1) is 0 Å². The lowest BCUT2D eigenvalue weighted by Crippen LogP contribution is -2.43. The number of carbonyl (C=O) groups is 3. The molecular formula is C18H13ClN6O5. The second-order valence-electron chi connectivity index (χ2n) is 6.50. The molecule has 0 bridgehead atoms. The number of rotatable bonds is 5. The number of fused-ring (bicyclic) bond motifs is 1. The van der Waals surface area contributed by atoms with Gasteiger partial charge in [-0.1, -0.05) is 29.0 Å². The molecule has 0 aliphatic carbocycles. The van der Waals surface area contributed by atoms with Crippen LogP contribution in [0.25, 0.3) is 0 Å². The molecule has 0 aromatic heterocycles. The molecule has 0 spiro atoms. The molecule has 0 unspecified atom stereocenters. The summed E-state index contributed by atoms with van der Waals surface area (Å²) in [4.78, 5) is 49.4. The summed E-state index contributed by atoms with van der Waals surface area (Å²) in [6.45, 7) is -0.413. The number of benzene rings is 2. The van der Waals surface area contributed by atoms with Gasteiger partial charge in [0.25, 0.3) is 17.5 Å².